The maximum Gasteiger partial charge on any atom is 0.0597 e. The Morgan fingerprint density at radius 2 is 1.88 bits per heavy atom. The van der Waals surface area contributed by atoms with Crippen molar-refractivity contribution in [3.8, 4) is 0 Å². The molecule has 3 nitrogen and oxygen atoms in total. The monoisotopic (exact) mass is 234 g/mol. The van der Waals surface area contributed by atoms with E-state index in [2.05, 4.69) is 22.3 Å². The molecule has 1 unspecified atom stereocenters. The molecule has 1 saturated heterocycles. The Bertz CT molecular complexity index is 309. The van der Waals surface area contributed by atoms with E-state index in [9.17, 15) is 5.11 Å². The largest absolute Gasteiger partial charge is 0.395 e. The fourth-order valence-corrected chi connectivity index (χ4v) is 2.32. The molecule has 1 aliphatic rings. The summed E-state index contributed by atoms with van der Waals surface area (Å²) in [4.78, 5) is 2.43. The molecule has 0 radical (unpaired) electrons. The van der Waals surface area contributed by atoms with Crippen molar-refractivity contribution in [2.45, 2.75) is 25.4 Å². The van der Waals surface area contributed by atoms with Gasteiger partial charge < -0.3 is 15.3 Å². The Kier molecular flexibility index (Phi) is 4.98. The number of likely N-dealkylation sites (tertiary alicyclic amines) is 1. The zero-order valence-corrected chi connectivity index (χ0v) is 10.3. The van der Waals surface area contributed by atoms with Gasteiger partial charge in [-0.05, 0) is 31.5 Å². The van der Waals surface area contributed by atoms with Gasteiger partial charge in [0, 0.05) is 19.1 Å². The summed E-state index contributed by atoms with van der Waals surface area (Å²) in [7, 11) is 0. The molecular weight excluding hydrogens is 212 g/mol. The van der Waals surface area contributed by atoms with Crippen LogP contribution in [0.15, 0.2) is 30.3 Å². The fourth-order valence-electron chi connectivity index (χ4n) is 2.32. The number of aliphatic hydroxyl groups excluding tert-OH is 1. The number of nitrogens with zero attached hydrogens (tertiary/aromatic N) is 1. The van der Waals surface area contributed by atoms with E-state index in [1.165, 1.54) is 31.5 Å². The number of rotatable bonds is 6. The average Bonchev–Trinajstić information content (AvgIpc) is 2.88. The predicted octanol–water partition coefficient (Wildman–Crippen LogP) is 1.23. The second kappa shape index (κ2) is 6.74. The highest BCUT2D eigenvalue weighted by Crippen LogP contribution is 2.08. The molecule has 2 rings (SSSR count). The number of aliphatic hydroxyl groups is 1. The molecule has 1 fully saturated rings. The van der Waals surface area contributed by atoms with E-state index in [0.717, 1.165) is 13.1 Å². The topological polar surface area (TPSA) is 35.5 Å². The van der Waals surface area contributed by atoms with Crippen molar-refractivity contribution < 1.29 is 5.11 Å². The molecule has 1 atom stereocenters. The zero-order valence-electron chi connectivity index (χ0n) is 10.3. The van der Waals surface area contributed by atoms with Crippen LogP contribution in [0.3, 0.4) is 0 Å². The van der Waals surface area contributed by atoms with Gasteiger partial charge in [-0.25, -0.2) is 0 Å². The Hall–Kier alpha value is -0.900. The summed E-state index contributed by atoms with van der Waals surface area (Å²) in [6.07, 6.45) is 2.60. The maximum atomic E-state index is 9.38. The smallest absolute Gasteiger partial charge is 0.0597 e. The van der Waals surface area contributed by atoms with Crippen molar-refractivity contribution in [2.24, 2.45) is 0 Å². The SMILES string of the molecule is OCC(CN1CCCC1)NCc1ccccc1. The van der Waals surface area contributed by atoms with Crippen molar-refractivity contribution in [3.63, 3.8) is 0 Å². The third-order valence-electron chi connectivity index (χ3n) is 3.34. The maximum absolute atomic E-state index is 9.38. The first-order chi connectivity index (χ1) is 8.38. The third kappa shape index (κ3) is 4.11. The van der Waals surface area contributed by atoms with E-state index < -0.39 is 0 Å². The van der Waals surface area contributed by atoms with Gasteiger partial charge in [-0.15, -0.1) is 0 Å². The molecule has 1 aromatic carbocycles. The molecule has 1 heterocycles. The van der Waals surface area contributed by atoms with E-state index in [1.54, 1.807) is 0 Å². The Balaban J connectivity index is 1.75. The normalized spacial score (nSPS) is 18.4. The highest BCUT2D eigenvalue weighted by atomic mass is 16.3. The summed E-state index contributed by atoms with van der Waals surface area (Å²) in [5.74, 6) is 0. The van der Waals surface area contributed by atoms with Crippen LogP contribution < -0.4 is 5.32 Å². The molecule has 94 valence electrons. The number of hydrogen-bond acceptors (Lipinski definition) is 3. The summed E-state index contributed by atoms with van der Waals surface area (Å²) < 4.78 is 0. The van der Waals surface area contributed by atoms with Crippen LogP contribution in [0.5, 0.6) is 0 Å². The summed E-state index contributed by atoms with van der Waals surface area (Å²) in [6, 6.07) is 10.5. The van der Waals surface area contributed by atoms with Gasteiger partial charge in [-0.2, -0.15) is 0 Å². The predicted molar refractivity (Wildman–Crippen MR) is 69.8 cm³/mol. The highest BCUT2D eigenvalue weighted by molar-refractivity contribution is 5.14. The van der Waals surface area contributed by atoms with Crippen LogP contribution >= 0.6 is 0 Å². The number of benzene rings is 1. The van der Waals surface area contributed by atoms with Gasteiger partial charge in [-0.3, -0.25) is 0 Å². The van der Waals surface area contributed by atoms with Gasteiger partial charge >= 0.3 is 0 Å². The minimum Gasteiger partial charge on any atom is -0.395 e. The van der Waals surface area contributed by atoms with Crippen molar-refractivity contribution in [1.82, 2.24) is 10.2 Å². The van der Waals surface area contributed by atoms with Gasteiger partial charge in [0.1, 0.15) is 0 Å². The lowest BCUT2D eigenvalue weighted by Gasteiger charge is -2.22. The molecule has 3 heteroatoms. The van der Waals surface area contributed by atoms with E-state index in [4.69, 9.17) is 0 Å². The van der Waals surface area contributed by atoms with Crippen LogP contribution in [0, 0.1) is 0 Å². The van der Waals surface area contributed by atoms with E-state index in [-0.39, 0.29) is 12.6 Å². The van der Waals surface area contributed by atoms with E-state index >= 15 is 0 Å². The molecular formula is C14H22N2O. The second-order valence-corrected chi connectivity index (χ2v) is 4.75. The molecule has 0 bridgehead atoms. The van der Waals surface area contributed by atoms with Crippen LogP contribution in [0.2, 0.25) is 0 Å². The van der Waals surface area contributed by atoms with Crippen molar-refractivity contribution >= 4 is 0 Å². The lowest BCUT2D eigenvalue weighted by atomic mass is 10.2. The summed E-state index contributed by atoms with van der Waals surface area (Å²) in [6.45, 7) is 4.37. The van der Waals surface area contributed by atoms with Gasteiger partial charge in [0.05, 0.1) is 6.61 Å². The Labute approximate surface area is 103 Å². The lowest BCUT2D eigenvalue weighted by molar-refractivity contribution is 0.197. The average molecular weight is 234 g/mol. The summed E-state index contributed by atoms with van der Waals surface area (Å²) in [5, 5.41) is 12.8. The second-order valence-electron chi connectivity index (χ2n) is 4.75. The minimum atomic E-state index is 0.188. The first-order valence-corrected chi connectivity index (χ1v) is 6.49. The molecule has 0 amide bonds. The van der Waals surface area contributed by atoms with Crippen molar-refractivity contribution in [1.29, 1.82) is 0 Å². The standard InChI is InChI=1S/C14H22N2O/c17-12-14(11-16-8-4-5-9-16)15-10-13-6-2-1-3-7-13/h1-3,6-7,14-15,17H,4-5,8-12H2. The Morgan fingerprint density at radius 1 is 1.18 bits per heavy atom. The first-order valence-electron chi connectivity index (χ1n) is 6.49. The van der Waals surface area contributed by atoms with Crippen LogP contribution in [0.4, 0.5) is 0 Å². The van der Waals surface area contributed by atoms with Crippen molar-refractivity contribution in [2.75, 3.05) is 26.2 Å². The van der Waals surface area contributed by atoms with Crippen LogP contribution in [-0.2, 0) is 6.54 Å². The molecule has 0 aromatic heterocycles. The van der Waals surface area contributed by atoms with Gasteiger partial charge in [-0.1, -0.05) is 30.3 Å². The van der Waals surface area contributed by atoms with E-state index in [1.807, 2.05) is 18.2 Å². The first kappa shape index (κ1) is 12.6. The molecule has 17 heavy (non-hydrogen) atoms. The van der Waals surface area contributed by atoms with Crippen LogP contribution in [0.25, 0.3) is 0 Å². The van der Waals surface area contributed by atoms with Crippen molar-refractivity contribution in [3.05, 3.63) is 35.9 Å². The van der Waals surface area contributed by atoms with Gasteiger partial charge in [0.15, 0.2) is 0 Å². The molecule has 0 spiro atoms. The molecule has 1 aliphatic heterocycles. The minimum absolute atomic E-state index is 0.188. The number of nitrogens with one attached hydrogen (secondary N) is 1. The van der Waals surface area contributed by atoms with E-state index in [0.29, 0.717) is 0 Å². The highest BCUT2D eigenvalue weighted by Gasteiger charge is 2.16. The Morgan fingerprint density at radius 3 is 2.53 bits per heavy atom. The number of hydrogen-bond donors (Lipinski definition) is 2. The van der Waals surface area contributed by atoms with Crippen LogP contribution in [-0.4, -0.2) is 42.3 Å². The third-order valence-corrected chi connectivity index (χ3v) is 3.34. The summed E-state index contributed by atoms with van der Waals surface area (Å²) >= 11 is 0. The molecule has 2 N–H and O–H groups in total. The molecule has 0 aliphatic carbocycles. The molecule has 0 saturated carbocycles. The zero-order chi connectivity index (χ0) is 11.9. The van der Waals surface area contributed by atoms with Gasteiger partial charge in [0.25, 0.3) is 0 Å². The summed E-state index contributed by atoms with van der Waals surface area (Å²) in [5.41, 5.74) is 1.27. The van der Waals surface area contributed by atoms with Crippen LogP contribution in [0.1, 0.15) is 18.4 Å². The fraction of sp³-hybridized carbons (Fsp3) is 0.571. The lowest BCUT2D eigenvalue weighted by Crippen LogP contribution is -2.42. The molecule has 1 aromatic rings. The quantitative estimate of drug-likeness (QED) is 0.777. The van der Waals surface area contributed by atoms with Gasteiger partial charge in [0.2, 0.25) is 0 Å².